The first-order valence-corrected chi connectivity index (χ1v) is 11.6. The maximum Gasteiger partial charge on any atom is 0.414 e. The summed E-state index contributed by atoms with van der Waals surface area (Å²) in [4.78, 5) is 49.8. The van der Waals surface area contributed by atoms with E-state index in [1.54, 1.807) is 0 Å². The maximum absolute atomic E-state index is 12.8. The zero-order chi connectivity index (χ0) is 25.2. The third kappa shape index (κ3) is 4.86. The molecule has 1 unspecified atom stereocenters. The SMILES string of the molecule is CC(C(=O)N[C@@H](Cc1ccc(OC(=O)N(C)C)cc1)C(=O)O)N1C(=O)c2ccccc2S1(=O)=O. The lowest BCUT2D eigenvalue weighted by atomic mass is 10.1. The molecule has 1 heterocycles. The Morgan fingerprint density at radius 1 is 1.09 bits per heavy atom. The fourth-order valence-corrected chi connectivity index (χ4v) is 5.03. The molecule has 0 radical (unpaired) electrons. The first kappa shape index (κ1) is 24.7. The van der Waals surface area contributed by atoms with Crippen molar-refractivity contribution in [1.82, 2.24) is 14.5 Å². The van der Waals surface area contributed by atoms with Gasteiger partial charge in [0.05, 0.1) is 5.56 Å². The lowest BCUT2D eigenvalue weighted by Crippen LogP contribution is -2.52. The van der Waals surface area contributed by atoms with Gasteiger partial charge in [0.25, 0.3) is 15.9 Å². The van der Waals surface area contributed by atoms with Gasteiger partial charge in [0.1, 0.15) is 22.7 Å². The Balaban J connectivity index is 1.71. The van der Waals surface area contributed by atoms with E-state index in [9.17, 15) is 32.7 Å². The fraction of sp³-hybridized carbons (Fsp3) is 0.273. The third-order valence-corrected chi connectivity index (χ3v) is 7.05. The lowest BCUT2D eigenvalue weighted by molar-refractivity contribution is -0.142. The molecular weight excluding hydrogens is 466 g/mol. The normalized spacial score (nSPS) is 15.7. The highest BCUT2D eigenvalue weighted by molar-refractivity contribution is 7.90. The minimum Gasteiger partial charge on any atom is -0.480 e. The maximum atomic E-state index is 12.8. The number of aliphatic carboxylic acids is 1. The summed E-state index contributed by atoms with van der Waals surface area (Å²) in [5.74, 6) is -2.88. The number of carbonyl (C=O) groups excluding carboxylic acids is 3. The van der Waals surface area contributed by atoms with Crippen LogP contribution in [0.4, 0.5) is 4.79 Å². The Hall–Kier alpha value is -3.93. The van der Waals surface area contributed by atoms with Crippen LogP contribution < -0.4 is 10.1 Å². The van der Waals surface area contributed by atoms with Crippen molar-refractivity contribution >= 4 is 33.9 Å². The van der Waals surface area contributed by atoms with Crippen LogP contribution in [0.5, 0.6) is 5.75 Å². The Morgan fingerprint density at radius 2 is 1.71 bits per heavy atom. The highest BCUT2D eigenvalue weighted by Gasteiger charge is 2.46. The average Bonchev–Trinajstić information content (AvgIpc) is 2.99. The predicted molar refractivity (Wildman–Crippen MR) is 119 cm³/mol. The van der Waals surface area contributed by atoms with E-state index in [0.29, 0.717) is 9.87 Å². The Labute approximate surface area is 196 Å². The number of nitrogens with zero attached hydrogens (tertiary/aromatic N) is 2. The number of rotatable bonds is 7. The fourth-order valence-electron chi connectivity index (χ4n) is 3.31. The van der Waals surface area contributed by atoms with Gasteiger partial charge in [-0.05, 0) is 36.8 Å². The van der Waals surface area contributed by atoms with Gasteiger partial charge in [-0.25, -0.2) is 22.3 Å². The van der Waals surface area contributed by atoms with Gasteiger partial charge in [0, 0.05) is 20.5 Å². The number of benzene rings is 2. The van der Waals surface area contributed by atoms with Crippen LogP contribution in [0.15, 0.2) is 53.4 Å². The molecule has 2 aromatic rings. The Kier molecular flexibility index (Phi) is 6.91. The Bertz CT molecular complexity index is 1240. The summed E-state index contributed by atoms with van der Waals surface area (Å²) in [6.07, 6.45) is -0.706. The largest absolute Gasteiger partial charge is 0.480 e. The molecule has 0 bridgehead atoms. The second-order valence-electron chi connectivity index (χ2n) is 7.79. The number of sulfonamides is 1. The summed E-state index contributed by atoms with van der Waals surface area (Å²) < 4.78 is 31.1. The third-order valence-electron chi connectivity index (χ3n) is 5.13. The summed E-state index contributed by atoms with van der Waals surface area (Å²) in [7, 11) is -1.19. The van der Waals surface area contributed by atoms with Crippen molar-refractivity contribution < 1.29 is 37.4 Å². The standard InChI is InChI=1S/C22H23N3O8S/c1-13(25-20(27)16-6-4-5-7-18(16)34(25,31)32)19(26)23-17(21(28)29)12-14-8-10-15(11-9-14)33-22(30)24(2)3/h4-11,13,17H,12H2,1-3H3,(H,23,26)(H,28,29)/t13?,17-/m0/s1. The number of hydrogen-bond acceptors (Lipinski definition) is 7. The Morgan fingerprint density at radius 3 is 2.26 bits per heavy atom. The lowest BCUT2D eigenvalue weighted by Gasteiger charge is -2.24. The van der Waals surface area contributed by atoms with Crippen molar-refractivity contribution in [1.29, 1.82) is 0 Å². The van der Waals surface area contributed by atoms with Crippen LogP contribution in [-0.4, -0.2) is 72.8 Å². The molecule has 12 heteroatoms. The van der Waals surface area contributed by atoms with Crippen molar-refractivity contribution in [2.24, 2.45) is 0 Å². The van der Waals surface area contributed by atoms with Gasteiger partial charge >= 0.3 is 12.1 Å². The van der Waals surface area contributed by atoms with Crippen LogP contribution in [-0.2, 0) is 26.0 Å². The molecule has 0 saturated carbocycles. The predicted octanol–water partition coefficient (Wildman–Crippen LogP) is 1.09. The molecular formula is C22H23N3O8S. The number of fused-ring (bicyclic) bond motifs is 1. The van der Waals surface area contributed by atoms with Gasteiger partial charge in [0.2, 0.25) is 5.91 Å². The molecule has 180 valence electrons. The second-order valence-corrected chi connectivity index (χ2v) is 9.57. The molecule has 3 rings (SSSR count). The van der Waals surface area contributed by atoms with Crippen LogP contribution in [0.3, 0.4) is 0 Å². The van der Waals surface area contributed by atoms with E-state index in [1.807, 2.05) is 0 Å². The molecule has 11 nitrogen and oxygen atoms in total. The van der Waals surface area contributed by atoms with Crippen LogP contribution in [0.1, 0.15) is 22.8 Å². The monoisotopic (exact) mass is 489 g/mol. The van der Waals surface area contributed by atoms with E-state index in [2.05, 4.69) is 5.32 Å². The molecule has 1 aliphatic heterocycles. The highest BCUT2D eigenvalue weighted by Crippen LogP contribution is 2.31. The summed E-state index contributed by atoms with van der Waals surface area (Å²) in [5, 5.41) is 11.9. The number of amides is 3. The summed E-state index contributed by atoms with van der Waals surface area (Å²) in [6, 6.07) is 8.75. The molecule has 2 N–H and O–H groups in total. The van der Waals surface area contributed by atoms with Crippen molar-refractivity contribution in [3.63, 3.8) is 0 Å². The van der Waals surface area contributed by atoms with Gasteiger partial charge in [-0.1, -0.05) is 24.3 Å². The zero-order valence-electron chi connectivity index (χ0n) is 18.6. The van der Waals surface area contributed by atoms with Crippen LogP contribution >= 0.6 is 0 Å². The number of carboxylic acid groups (broad SMARTS) is 1. The number of nitrogens with one attached hydrogen (secondary N) is 1. The smallest absolute Gasteiger partial charge is 0.414 e. The van der Waals surface area contributed by atoms with Crippen molar-refractivity contribution in [3.8, 4) is 5.75 Å². The molecule has 2 atom stereocenters. The van der Waals surface area contributed by atoms with Gasteiger partial charge in [-0.15, -0.1) is 0 Å². The summed E-state index contributed by atoms with van der Waals surface area (Å²) in [5.41, 5.74) is 0.467. The second kappa shape index (κ2) is 9.51. The van der Waals surface area contributed by atoms with Crippen LogP contribution in [0.2, 0.25) is 0 Å². The average molecular weight is 490 g/mol. The molecule has 34 heavy (non-hydrogen) atoms. The van der Waals surface area contributed by atoms with E-state index in [0.717, 1.165) is 0 Å². The first-order valence-electron chi connectivity index (χ1n) is 10.1. The minimum absolute atomic E-state index is 0.0491. The topological polar surface area (TPSA) is 150 Å². The van der Waals surface area contributed by atoms with E-state index >= 15 is 0 Å². The van der Waals surface area contributed by atoms with Crippen LogP contribution in [0.25, 0.3) is 0 Å². The van der Waals surface area contributed by atoms with Crippen molar-refractivity contribution in [2.75, 3.05) is 14.1 Å². The van der Waals surface area contributed by atoms with Gasteiger partial charge in [0.15, 0.2) is 0 Å². The van der Waals surface area contributed by atoms with Crippen LogP contribution in [0, 0.1) is 0 Å². The molecule has 0 fully saturated rings. The molecule has 1 aliphatic rings. The van der Waals surface area contributed by atoms with Crippen molar-refractivity contribution in [2.45, 2.75) is 30.3 Å². The van der Waals surface area contributed by atoms with Gasteiger partial charge < -0.3 is 20.1 Å². The van der Waals surface area contributed by atoms with E-state index in [4.69, 9.17) is 4.74 Å². The first-order chi connectivity index (χ1) is 15.9. The molecule has 0 aromatic heterocycles. The highest BCUT2D eigenvalue weighted by atomic mass is 32.2. The molecule has 0 saturated heterocycles. The summed E-state index contributed by atoms with van der Waals surface area (Å²) in [6.45, 7) is 1.21. The summed E-state index contributed by atoms with van der Waals surface area (Å²) >= 11 is 0. The molecule has 0 aliphatic carbocycles. The number of hydrogen-bond donors (Lipinski definition) is 2. The number of carboxylic acids is 1. The van der Waals surface area contributed by atoms with E-state index < -0.39 is 46.0 Å². The molecule has 0 spiro atoms. The van der Waals surface area contributed by atoms with E-state index in [-0.39, 0.29) is 22.6 Å². The van der Waals surface area contributed by atoms with Gasteiger partial charge in [-0.2, -0.15) is 0 Å². The quantitative estimate of drug-likeness (QED) is 0.587. The molecule has 2 aromatic carbocycles. The number of ether oxygens (including phenoxy) is 1. The minimum atomic E-state index is -4.25. The zero-order valence-corrected chi connectivity index (χ0v) is 19.4. The molecule has 3 amide bonds. The van der Waals surface area contributed by atoms with Gasteiger partial charge in [-0.3, -0.25) is 9.59 Å². The van der Waals surface area contributed by atoms with E-state index in [1.165, 1.54) is 74.4 Å². The van der Waals surface area contributed by atoms with Crippen molar-refractivity contribution in [3.05, 3.63) is 59.7 Å². The number of carbonyl (C=O) groups is 4.